The van der Waals surface area contributed by atoms with Gasteiger partial charge in [-0.05, 0) is 62.4 Å². The normalized spacial score (nSPS) is 19.6. The van der Waals surface area contributed by atoms with Crippen molar-refractivity contribution in [2.45, 2.75) is 58.2 Å². The Bertz CT molecular complexity index is 941. The first-order valence-electron chi connectivity index (χ1n) is 12.6. The Balaban J connectivity index is 1.22. The fourth-order valence-corrected chi connectivity index (χ4v) is 4.97. The number of hydrogen-bond acceptors (Lipinski definition) is 4. The molecule has 2 aliphatic rings. The molecule has 2 fully saturated rings. The summed E-state index contributed by atoms with van der Waals surface area (Å²) in [7, 11) is 0. The predicted molar refractivity (Wildman–Crippen MR) is 133 cm³/mol. The quantitative estimate of drug-likeness (QED) is 0.643. The van der Waals surface area contributed by atoms with Crippen LogP contribution in [-0.4, -0.2) is 53.9 Å². The van der Waals surface area contributed by atoms with Crippen molar-refractivity contribution >= 4 is 11.8 Å². The summed E-state index contributed by atoms with van der Waals surface area (Å²) >= 11 is 0. The molecule has 2 aliphatic heterocycles. The third kappa shape index (κ3) is 6.60. The van der Waals surface area contributed by atoms with Gasteiger partial charge >= 0.3 is 0 Å². The molecule has 0 radical (unpaired) electrons. The number of benzene rings is 2. The minimum Gasteiger partial charge on any atom is -0.484 e. The highest BCUT2D eigenvalue weighted by Gasteiger charge is 2.27. The van der Waals surface area contributed by atoms with E-state index in [1.54, 1.807) is 0 Å². The molecule has 6 heteroatoms. The van der Waals surface area contributed by atoms with Gasteiger partial charge in [-0.25, -0.2) is 0 Å². The van der Waals surface area contributed by atoms with Crippen LogP contribution in [0.2, 0.25) is 0 Å². The van der Waals surface area contributed by atoms with Gasteiger partial charge < -0.3 is 15.0 Å². The van der Waals surface area contributed by atoms with Gasteiger partial charge in [-0.15, -0.1) is 0 Å². The number of carbonyl (C=O) groups excluding carboxylic acids is 2. The third-order valence-corrected chi connectivity index (χ3v) is 7.21. The number of hydrogen-bond donors (Lipinski definition) is 1. The molecule has 0 saturated carbocycles. The fraction of sp³-hybridized carbons (Fsp3) is 0.500. The van der Waals surface area contributed by atoms with E-state index >= 15 is 0 Å². The number of nitrogens with zero attached hydrogens (tertiary/aromatic N) is 2. The zero-order valence-electron chi connectivity index (χ0n) is 20.2. The lowest BCUT2D eigenvalue weighted by atomic mass is 9.95. The number of nitrogens with one attached hydrogen (secondary N) is 1. The van der Waals surface area contributed by atoms with Crippen LogP contribution < -0.4 is 10.1 Å². The number of carbonyl (C=O) groups is 2. The van der Waals surface area contributed by atoms with E-state index in [0.717, 1.165) is 13.1 Å². The van der Waals surface area contributed by atoms with E-state index in [4.69, 9.17) is 4.74 Å². The van der Waals surface area contributed by atoms with Crippen LogP contribution in [0.1, 0.15) is 50.2 Å². The van der Waals surface area contributed by atoms with Crippen molar-refractivity contribution in [3.63, 3.8) is 0 Å². The lowest BCUT2D eigenvalue weighted by Crippen LogP contribution is -2.44. The Hall–Kier alpha value is -2.86. The van der Waals surface area contributed by atoms with Crippen LogP contribution in [0.3, 0.4) is 0 Å². The van der Waals surface area contributed by atoms with Crippen LogP contribution in [0.5, 0.6) is 5.75 Å². The SMILES string of the molecule is CC1CCCCN1Cc1ccccc1CNC(=O)C1CCN(C(=O)COc2ccccc2)CC1. The summed E-state index contributed by atoms with van der Waals surface area (Å²) in [5.74, 6) is 0.714. The summed E-state index contributed by atoms with van der Waals surface area (Å²) in [4.78, 5) is 29.7. The van der Waals surface area contributed by atoms with Gasteiger partial charge in [-0.2, -0.15) is 0 Å². The molecule has 0 aliphatic carbocycles. The number of para-hydroxylation sites is 1. The highest BCUT2D eigenvalue weighted by atomic mass is 16.5. The van der Waals surface area contributed by atoms with E-state index in [0.29, 0.717) is 44.3 Å². The van der Waals surface area contributed by atoms with Crippen LogP contribution in [0.4, 0.5) is 0 Å². The molecule has 2 aromatic carbocycles. The first-order valence-corrected chi connectivity index (χ1v) is 12.6. The van der Waals surface area contributed by atoms with Gasteiger partial charge in [0.25, 0.3) is 5.91 Å². The van der Waals surface area contributed by atoms with Crippen LogP contribution in [0, 0.1) is 5.92 Å². The van der Waals surface area contributed by atoms with Gasteiger partial charge in [0.05, 0.1) is 0 Å². The molecule has 0 aromatic heterocycles. The maximum atomic E-state index is 12.9. The number of amides is 2. The Morgan fingerprint density at radius 3 is 2.35 bits per heavy atom. The monoisotopic (exact) mass is 463 g/mol. The Kier molecular flexibility index (Phi) is 8.58. The number of likely N-dealkylation sites (tertiary alicyclic amines) is 2. The highest BCUT2D eigenvalue weighted by molar-refractivity contribution is 5.80. The van der Waals surface area contributed by atoms with Crippen molar-refractivity contribution in [2.75, 3.05) is 26.2 Å². The average Bonchev–Trinajstić information content (AvgIpc) is 2.88. The third-order valence-electron chi connectivity index (χ3n) is 7.21. The van der Waals surface area contributed by atoms with E-state index in [2.05, 4.69) is 35.3 Å². The van der Waals surface area contributed by atoms with Crippen LogP contribution >= 0.6 is 0 Å². The Morgan fingerprint density at radius 1 is 0.912 bits per heavy atom. The first kappa shape index (κ1) is 24.3. The van der Waals surface area contributed by atoms with Gasteiger partial charge in [0.15, 0.2) is 6.61 Å². The molecule has 2 saturated heterocycles. The van der Waals surface area contributed by atoms with Gasteiger partial charge in [0.1, 0.15) is 5.75 Å². The van der Waals surface area contributed by atoms with E-state index in [9.17, 15) is 9.59 Å². The maximum absolute atomic E-state index is 12.9. The molecular weight excluding hydrogens is 426 g/mol. The predicted octanol–water partition coefficient (Wildman–Crippen LogP) is 3.99. The lowest BCUT2D eigenvalue weighted by molar-refractivity contribution is -0.137. The average molecular weight is 464 g/mol. The zero-order valence-corrected chi connectivity index (χ0v) is 20.2. The van der Waals surface area contributed by atoms with Crippen molar-refractivity contribution in [2.24, 2.45) is 5.92 Å². The standard InChI is InChI=1S/C28H37N3O3/c1-22-9-7-8-16-31(22)20-25-11-6-5-10-24(25)19-29-28(33)23-14-17-30(18-15-23)27(32)21-34-26-12-3-2-4-13-26/h2-6,10-13,22-23H,7-9,14-21H2,1H3,(H,29,33). The molecule has 1 unspecified atom stereocenters. The molecule has 1 atom stereocenters. The van der Waals surface area contributed by atoms with Crippen LogP contribution in [0.25, 0.3) is 0 Å². The number of ether oxygens (including phenoxy) is 1. The van der Waals surface area contributed by atoms with Crippen molar-refractivity contribution in [3.8, 4) is 5.75 Å². The van der Waals surface area contributed by atoms with Crippen molar-refractivity contribution in [1.29, 1.82) is 0 Å². The second-order valence-electron chi connectivity index (χ2n) is 9.56. The summed E-state index contributed by atoms with van der Waals surface area (Å²) in [6, 6.07) is 18.4. The van der Waals surface area contributed by atoms with E-state index < -0.39 is 0 Å². The minimum atomic E-state index is -0.0478. The van der Waals surface area contributed by atoms with Gasteiger partial charge in [-0.3, -0.25) is 14.5 Å². The molecule has 2 aromatic rings. The number of rotatable bonds is 8. The summed E-state index contributed by atoms with van der Waals surface area (Å²) < 4.78 is 5.58. The molecule has 34 heavy (non-hydrogen) atoms. The molecule has 4 rings (SSSR count). The van der Waals surface area contributed by atoms with Gasteiger partial charge in [0.2, 0.25) is 5.91 Å². The molecule has 182 valence electrons. The van der Waals surface area contributed by atoms with Crippen molar-refractivity contribution in [3.05, 3.63) is 65.7 Å². The minimum absolute atomic E-state index is 0.0245. The fourth-order valence-electron chi connectivity index (χ4n) is 4.97. The van der Waals surface area contributed by atoms with E-state index in [1.165, 1.54) is 30.4 Å². The molecule has 0 spiro atoms. The van der Waals surface area contributed by atoms with Crippen molar-refractivity contribution < 1.29 is 14.3 Å². The zero-order chi connectivity index (χ0) is 23.8. The second kappa shape index (κ2) is 12.0. The smallest absolute Gasteiger partial charge is 0.260 e. The topological polar surface area (TPSA) is 61.9 Å². The molecule has 2 amide bonds. The second-order valence-corrected chi connectivity index (χ2v) is 9.56. The number of piperidine rings is 2. The first-order chi connectivity index (χ1) is 16.6. The molecule has 2 heterocycles. The summed E-state index contributed by atoms with van der Waals surface area (Å²) in [5.41, 5.74) is 2.50. The lowest BCUT2D eigenvalue weighted by Gasteiger charge is -2.34. The largest absolute Gasteiger partial charge is 0.484 e. The summed E-state index contributed by atoms with van der Waals surface area (Å²) in [6.07, 6.45) is 5.23. The molecule has 0 bridgehead atoms. The van der Waals surface area contributed by atoms with Gasteiger partial charge in [-0.1, -0.05) is 48.9 Å². The van der Waals surface area contributed by atoms with E-state index in [1.807, 2.05) is 41.3 Å². The van der Waals surface area contributed by atoms with Crippen LogP contribution in [-0.2, 0) is 22.7 Å². The molecule has 1 N–H and O–H groups in total. The molecular formula is C28H37N3O3. The van der Waals surface area contributed by atoms with Gasteiger partial charge in [0, 0.05) is 38.1 Å². The highest BCUT2D eigenvalue weighted by Crippen LogP contribution is 2.22. The Morgan fingerprint density at radius 2 is 1.62 bits per heavy atom. The summed E-state index contributed by atoms with van der Waals surface area (Å²) in [6.45, 7) is 6.19. The Labute approximate surface area is 203 Å². The maximum Gasteiger partial charge on any atom is 0.260 e. The molecule has 6 nitrogen and oxygen atoms in total. The van der Waals surface area contributed by atoms with Crippen molar-refractivity contribution in [1.82, 2.24) is 15.1 Å². The summed E-state index contributed by atoms with van der Waals surface area (Å²) in [5, 5.41) is 3.16. The van der Waals surface area contributed by atoms with Crippen LogP contribution in [0.15, 0.2) is 54.6 Å². The van der Waals surface area contributed by atoms with E-state index in [-0.39, 0.29) is 24.3 Å².